The molecule has 4 nitrogen and oxygen atoms in total. The van der Waals surface area contributed by atoms with E-state index in [0.717, 1.165) is 0 Å². The normalized spacial score (nSPS) is 12.8. The summed E-state index contributed by atoms with van der Waals surface area (Å²) < 4.78 is 3.16. The summed E-state index contributed by atoms with van der Waals surface area (Å²) in [5.74, 6) is -0.456. The van der Waals surface area contributed by atoms with Crippen molar-refractivity contribution in [1.82, 2.24) is 5.32 Å². The van der Waals surface area contributed by atoms with E-state index < -0.39 is 15.9 Å². The van der Waals surface area contributed by atoms with E-state index in [1.165, 1.54) is 18.4 Å². The molecule has 0 fully saturated rings. The molecule has 0 aliphatic carbocycles. The number of amides is 1. The number of furan rings is 1. The van der Waals surface area contributed by atoms with Crippen LogP contribution in [0.4, 0.5) is 5.69 Å². The van der Waals surface area contributed by atoms with Crippen molar-refractivity contribution in [2.75, 3.05) is 5.32 Å². The minimum atomic E-state index is -1.83. The molecular weight excluding hydrogens is 393 g/mol. The number of halogens is 5. The number of carbonyl (C=O) groups is 1. The molecule has 0 spiro atoms. The van der Waals surface area contributed by atoms with E-state index in [4.69, 9.17) is 62.4 Å². The zero-order valence-corrected chi connectivity index (χ0v) is 14.5. The summed E-state index contributed by atoms with van der Waals surface area (Å²) in [6.07, 6.45) is 0.316. The SMILES string of the molecule is O=C(N[C@H](Nc1ccc(Cl)cc1Cl)C(Cl)(Cl)Cl)c1ccco1. The van der Waals surface area contributed by atoms with Gasteiger partial charge in [-0.05, 0) is 30.3 Å². The van der Waals surface area contributed by atoms with Crippen molar-refractivity contribution in [2.24, 2.45) is 0 Å². The van der Waals surface area contributed by atoms with E-state index >= 15 is 0 Å². The van der Waals surface area contributed by atoms with Crippen LogP contribution in [0.15, 0.2) is 41.0 Å². The lowest BCUT2D eigenvalue weighted by Crippen LogP contribution is -2.49. The summed E-state index contributed by atoms with van der Waals surface area (Å²) in [6, 6.07) is 7.80. The summed E-state index contributed by atoms with van der Waals surface area (Å²) >= 11 is 29.6. The molecule has 0 aliphatic rings. The molecule has 1 atom stereocenters. The van der Waals surface area contributed by atoms with E-state index in [1.54, 1.807) is 18.2 Å². The highest BCUT2D eigenvalue weighted by molar-refractivity contribution is 6.68. The van der Waals surface area contributed by atoms with Crippen molar-refractivity contribution < 1.29 is 9.21 Å². The number of hydrogen-bond donors (Lipinski definition) is 2. The number of alkyl halides is 3. The van der Waals surface area contributed by atoms with Gasteiger partial charge in [-0.2, -0.15) is 0 Å². The second-order valence-corrected chi connectivity index (χ2v) is 7.41. The van der Waals surface area contributed by atoms with Crippen LogP contribution in [0, 0.1) is 0 Å². The van der Waals surface area contributed by atoms with Gasteiger partial charge in [-0.15, -0.1) is 0 Å². The van der Waals surface area contributed by atoms with Gasteiger partial charge in [0.15, 0.2) is 5.76 Å². The summed E-state index contributed by atoms with van der Waals surface area (Å²) in [7, 11) is 0. The predicted molar refractivity (Wildman–Crippen MR) is 90.3 cm³/mol. The Hall–Kier alpha value is -0.780. The van der Waals surface area contributed by atoms with Crippen molar-refractivity contribution in [3.05, 3.63) is 52.4 Å². The number of anilines is 1. The van der Waals surface area contributed by atoms with Crippen LogP contribution in [0.3, 0.4) is 0 Å². The average molecular weight is 402 g/mol. The van der Waals surface area contributed by atoms with Gasteiger partial charge in [-0.25, -0.2) is 0 Å². The second kappa shape index (κ2) is 7.20. The molecule has 1 aromatic heterocycles. The molecule has 1 amide bonds. The van der Waals surface area contributed by atoms with Gasteiger partial charge in [0.1, 0.15) is 6.17 Å². The summed E-state index contributed by atoms with van der Waals surface area (Å²) in [6.45, 7) is 0. The molecule has 0 aliphatic heterocycles. The molecule has 0 bridgehead atoms. The molecule has 1 heterocycles. The van der Waals surface area contributed by atoms with Crippen LogP contribution in [-0.2, 0) is 0 Å². The number of rotatable bonds is 4. The van der Waals surface area contributed by atoms with Gasteiger partial charge >= 0.3 is 0 Å². The molecule has 2 N–H and O–H groups in total. The summed E-state index contributed by atoms with van der Waals surface area (Å²) in [5.41, 5.74) is 0.446. The minimum absolute atomic E-state index is 0.0863. The average Bonchev–Trinajstić information content (AvgIpc) is 2.93. The third-order valence-electron chi connectivity index (χ3n) is 2.58. The Kier molecular flexibility index (Phi) is 5.75. The second-order valence-electron chi connectivity index (χ2n) is 4.19. The molecule has 0 saturated carbocycles. The first-order valence-corrected chi connectivity index (χ1v) is 7.79. The third kappa shape index (κ3) is 4.61. The zero-order valence-electron chi connectivity index (χ0n) is 10.7. The third-order valence-corrected chi connectivity index (χ3v) is 3.78. The van der Waals surface area contributed by atoms with Crippen LogP contribution in [0.25, 0.3) is 0 Å². The van der Waals surface area contributed by atoms with E-state index in [1.807, 2.05) is 0 Å². The molecule has 2 aromatic rings. The lowest BCUT2D eigenvalue weighted by Gasteiger charge is -2.27. The standard InChI is InChI=1S/C13H9Cl5N2O2/c14-7-3-4-9(8(15)6-7)19-12(13(16,17)18)20-11(21)10-2-1-5-22-10/h1-6,12,19H,(H,20,21)/t12-/m0/s1. The first-order valence-electron chi connectivity index (χ1n) is 5.90. The van der Waals surface area contributed by atoms with Crippen molar-refractivity contribution in [1.29, 1.82) is 0 Å². The highest BCUT2D eigenvalue weighted by atomic mass is 35.6. The van der Waals surface area contributed by atoms with Crippen LogP contribution in [-0.4, -0.2) is 15.9 Å². The maximum Gasteiger partial charge on any atom is 0.288 e. The largest absolute Gasteiger partial charge is 0.459 e. The Morgan fingerprint density at radius 2 is 1.91 bits per heavy atom. The van der Waals surface area contributed by atoms with Crippen molar-refractivity contribution >= 4 is 69.6 Å². The Morgan fingerprint density at radius 3 is 2.45 bits per heavy atom. The fraction of sp³-hybridized carbons (Fsp3) is 0.154. The maximum atomic E-state index is 12.0. The first kappa shape index (κ1) is 17.6. The van der Waals surface area contributed by atoms with Crippen molar-refractivity contribution in [2.45, 2.75) is 9.96 Å². The fourth-order valence-corrected chi connectivity index (χ4v) is 2.36. The van der Waals surface area contributed by atoms with Gasteiger partial charge in [-0.3, -0.25) is 4.79 Å². The van der Waals surface area contributed by atoms with E-state index in [2.05, 4.69) is 10.6 Å². The molecule has 2 rings (SSSR count). The molecular formula is C13H9Cl5N2O2. The Balaban J connectivity index is 2.18. The smallest absolute Gasteiger partial charge is 0.288 e. The molecule has 9 heteroatoms. The summed E-state index contributed by atoms with van der Waals surface area (Å²) in [5, 5.41) is 6.14. The van der Waals surface area contributed by atoms with E-state index in [-0.39, 0.29) is 5.76 Å². The van der Waals surface area contributed by atoms with Crippen LogP contribution in [0.2, 0.25) is 10.0 Å². The zero-order chi connectivity index (χ0) is 16.3. The Morgan fingerprint density at radius 1 is 1.18 bits per heavy atom. The lowest BCUT2D eigenvalue weighted by molar-refractivity contribution is 0.0914. The highest BCUT2D eigenvalue weighted by Crippen LogP contribution is 2.33. The van der Waals surface area contributed by atoms with Gasteiger partial charge in [0, 0.05) is 5.02 Å². The molecule has 1 aromatic carbocycles. The van der Waals surface area contributed by atoms with Crippen LogP contribution in [0.1, 0.15) is 10.6 Å². The van der Waals surface area contributed by atoms with Crippen LogP contribution in [0.5, 0.6) is 0 Å². The van der Waals surface area contributed by atoms with Gasteiger partial charge in [0.2, 0.25) is 3.79 Å². The fourth-order valence-electron chi connectivity index (χ4n) is 1.57. The first-order chi connectivity index (χ1) is 10.3. The molecule has 0 saturated heterocycles. The number of carbonyl (C=O) groups excluding carboxylic acids is 1. The summed E-state index contributed by atoms with van der Waals surface area (Å²) in [4.78, 5) is 12.0. The molecule has 0 radical (unpaired) electrons. The van der Waals surface area contributed by atoms with E-state index in [9.17, 15) is 4.79 Å². The van der Waals surface area contributed by atoms with Gasteiger partial charge in [-0.1, -0.05) is 58.0 Å². The van der Waals surface area contributed by atoms with Crippen LogP contribution < -0.4 is 10.6 Å². The van der Waals surface area contributed by atoms with Gasteiger partial charge < -0.3 is 15.1 Å². The van der Waals surface area contributed by atoms with Crippen molar-refractivity contribution in [3.8, 4) is 0 Å². The quantitative estimate of drug-likeness (QED) is 0.551. The topological polar surface area (TPSA) is 54.3 Å². The monoisotopic (exact) mass is 400 g/mol. The van der Waals surface area contributed by atoms with Crippen LogP contribution >= 0.6 is 58.0 Å². The number of benzene rings is 1. The predicted octanol–water partition coefficient (Wildman–Crippen LogP) is 5.12. The molecule has 118 valence electrons. The molecule has 0 unspecified atom stereocenters. The Bertz CT molecular complexity index is 655. The lowest BCUT2D eigenvalue weighted by atomic mass is 10.3. The van der Waals surface area contributed by atoms with E-state index in [0.29, 0.717) is 15.7 Å². The highest BCUT2D eigenvalue weighted by Gasteiger charge is 2.35. The minimum Gasteiger partial charge on any atom is -0.459 e. The molecule has 22 heavy (non-hydrogen) atoms. The van der Waals surface area contributed by atoms with Crippen molar-refractivity contribution in [3.63, 3.8) is 0 Å². The Labute approximate surface area is 151 Å². The number of nitrogens with one attached hydrogen (secondary N) is 2. The van der Waals surface area contributed by atoms with Gasteiger partial charge in [0.05, 0.1) is 17.0 Å². The number of hydrogen-bond acceptors (Lipinski definition) is 3. The maximum absolute atomic E-state index is 12.0. The van der Waals surface area contributed by atoms with Gasteiger partial charge in [0.25, 0.3) is 5.91 Å².